The number of rotatable bonds is 4. The minimum Gasteiger partial charge on any atom is -0.493 e. The SMILES string of the molecule is COc1cc(-c2c(C#N)c3ccccc3n2C)cc(OC)c1OC. The highest BCUT2D eigenvalue weighted by atomic mass is 16.5. The number of nitrogens with zero attached hydrogens (tertiary/aromatic N) is 2. The normalized spacial score (nSPS) is 10.5. The number of hydrogen-bond acceptors (Lipinski definition) is 4. The molecule has 1 aromatic heterocycles. The van der Waals surface area contributed by atoms with Gasteiger partial charge in [0, 0.05) is 23.5 Å². The minimum atomic E-state index is 0.529. The second-order valence-electron chi connectivity index (χ2n) is 5.33. The van der Waals surface area contributed by atoms with Crippen LogP contribution in [0.1, 0.15) is 5.56 Å². The third-order valence-electron chi connectivity index (χ3n) is 4.16. The number of fused-ring (bicyclic) bond motifs is 1. The lowest BCUT2D eigenvalue weighted by Crippen LogP contribution is -1.98. The molecule has 0 spiro atoms. The van der Waals surface area contributed by atoms with Crippen molar-refractivity contribution in [2.45, 2.75) is 0 Å². The lowest BCUT2D eigenvalue weighted by Gasteiger charge is -2.15. The second-order valence-corrected chi connectivity index (χ2v) is 5.33. The summed E-state index contributed by atoms with van der Waals surface area (Å²) in [5.74, 6) is 1.64. The van der Waals surface area contributed by atoms with E-state index in [9.17, 15) is 5.26 Å². The first kappa shape index (κ1) is 15.8. The summed E-state index contributed by atoms with van der Waals surface area (Å²) in [5, 5.41) is 10.6. The molecule has 0 aliphatic heterocycles. The van der Waals surface area contributed by atoms with Crippen LogP contribution in [0.4, 0.5) is 0 Å². The van der Waals surface area contributed by atoms with Crippen molar-refractivity contribution in [1.29, 1.82) is 5.26 Å². The van der Waals surface area contributed by atoms with E-state index in [2.05, 4.69) is 6.07 Å². The quantitative estimate of drug-likeness (QED) is 0.734. The van der Waals surface area contributed by atoms with Gasteiger partial charge in [0.05, 0.1) is 32.6 Å². The van der Waals surface area contributed by atoms with E-state index in [-0.39, 0.29) is 0 Å². The van der Waals surface area contributed by atoms with Gasteiger partial charge in [-0.1, -0.05) is 18.2 Å². The summed E-state index contributed by atoms with van der Waals surface area (Å²) in [4.78, 5) is 0. The standard InChI is InChI=1S/C19H18N2O3/c1-21-15-8-6-5-7-13(15)14(11-20)18(21)12-9-16(22-2)19(24-4)17(10-12)23-3/h5-10H,1-4H3. The molecule has 0 unspecified atom stereocenters. The first-order valence-electron chi connectivity index (χ1n) is 7.44. The van der Waals surface area contributed by atoms with Gasteiger partial charge < -0.3 is 18.8 Å². The van der Waals surface area contributed by atoms with E-state index in [0.717, 1.165) is 22.2 Å². The maximum atomic E-state index is 9.69. The summed E-state index contributed by atoms with van der Waals surface area (Å²) >= 11 is 0. The summed E-state index contributed by atoms with van der Waals surface area (Å²) in [6.07, 6.45) is 0. The van der Waals surface area contributed by atoms with Gasteiger partial charge in [0.15, 0.2) is 11.5 Å². The van der Waals surface area contributed by atoms with Crippen LogP contribution in [0, 0.1) is 11.3 Å². The van der Waals surface area contributed by atoms with Gasteiger partial charge in [-0.2, -0.15) is 5.26 Å². The topological polar surface area (TPSA) is 56.4 Å². The minimum absolute atomic E-state index is 0.529. The van der Waals surface area contributed by atoms with Crippen LogP contribution >= 0.6 is 0 Å². The van der Waals surface area contributed by atoms with Gasteiger partial charge in [-0.3, -0.25) is 0 Å². The van der Waals surface area contributed by atoms with E-state index >= 15 is 0 Å². The number of ether oxygens (including phenoxy) is 3. The predicted molar refractivity (Wildman–Crippen MR) is 92.7 cm³/mol. The molecule has 3 aromatic rings. The zero-order valence-electron chi connectivity index (χ0n) is 14.1. The summed E-state index contributed by atoms with van der Waals surface area (Å²) in [5.41, 5.74) is 3.28. The highest BCUT2D eigenvalue weighted by Gasteiger charge is 2.20. The molecule has 0 amide bonds. The predicted octanol–water partition coefficient (Wildman–Crippen LogP) is 3.74. The Morgan fingerprint density at radius 1 is 0.958 bits per heavy atom. The zero-order chi connectivity index (χ0) is 17.3. The van der Waals surface area contributed by atoms with E-state index < -0.39 is 0 Å². The highest BCUT2D eigenvalue weighted by Crippen LogP contribution is 2.43. The Kier molecular flexibility index (Phi) is 4.05. The molecule has 0 aliphatic carbocycles. The van der Waals surface area contributed by atoms with E-state index in [1.54, 1.807) is 21.3 Å². The summed E-state index contributed by atoms with van der Waals surface area (Å²) in [6.45, 7) is 0. The van der Waals surface area contributed by atoms with Crippen molar-refractivity contribution in [2.24, 2.45) is 7.05 Å². The van der Waals surface area contributed by atoms with Gasteiger partial charge in [-0.05, 0) is 18.2 Å². The van der Waals surface area contributed by atoms with Gasteiger partial charge in [0.1, 0.15) is 6.07 Å². The molecular weight excluding hydrogens is 304 g/mol. The van der Waals surface area contributed by atoms with Crippen molar-refractivity contribution >= 4 is 10.9 Å². The summed E-state index contributed by atoms with van der Waals surface area (Å²) in [6, 6.07) is 13.9. The number of methoxy groups -OCH3 is 3. The molecule has 0 N–H and O–H groups in total. The van der Waals surface area contributed by atoms with Crippen molar-refractivity contribution in [3.05, 3.63) is 42.0 Å². The Morgan fingerprint density at radius 3 is 2.12 bits per heavy atom. The van der Waals surface area contributed by atoms with E-state index in [4.69, 9.17) is 14.2 Å². The van der Waals surface area contributed by atoms with E-state index in [1.165, 1.54) is 0 Å². The molecule has 5 nitrogen and oxygen atoms in total. The van der Waals surface area contributed by atoms with Crippen molar-refractivity contribution in [1.82, 2.24) is 4.57 Å². The number of nitriles is 1. The van der Waals surface area contributed by atoms with Gasteiger partial charge in [0.2, 0.25) is 5.75 Å². The van der Waals surface area contributed by atoms with E-state index in [1.807, 2.05) is 48.0 Å². The summed E-state index contributed by atoms with van der Waals surface area (Å²) < 4.78 is 18.2. The molecule has 0 radical (unpaired) electrons. The first-order chi connectivity index (χ1) is 11.7. The Morgan fingerprint density at radius 2 is 1.58 bits per heavy atom. The maximum absolute atomic E-state index is 9.69. The highest BCUT2D eigenvalue weighted by molar-refractivity contribution is 5.94. The molecule has 24 heavy (non-hydrogen) atoms. The molecule has 0 bridgehead atoms. The largest absolute Gasteiger partial charge is 0.493 e. The maximum Gasteiger partial charge on any atom is 0.203 e. The van der Waals surface area contributed by atoms with Crippen molar-refractivity contribution < 1.29 is 14.2 Å². The molecule has 0 atom stereocenters. The molecule has 122 valence electrons. The first-order valence-corrected chi connectivity index (χ1v) is 7.44. The van der Waals surface area contributed by atoms with E-state index in [0.29, 0.717) is 22.8 Å². The Hall–Kier alpha value is -3.13. The molecule has 5 heteroatoms. The number of hydrogen-bond donors (Lipinski definition) is 0. The number of para-hydroxylation sites is 1. The van der Waals surface area contributed by atoms with Crippen LogP contribution in [0.25, 0.3) is 22.2 Å². The van der Waals surface area contributed by atoms with Crippen LogP contribution in [-0.4, -0.2) is 25.9 Å². The molecule has 1 heterocycles. The number of aryl methyl sites for hydroxylation is 1. The number of aromatic nitrogens is 1. The third kappa shape index (κ3) is 2.24. The monoisotopic (exact) mass is 322 g/mol. The molecule has 0 fully saturated rings. The summed E-state index contributed by atoms with van der Waals surface area (Å²) in [7, 11) is 6.67. The number of benzene rings is 2. The lowest BCUT2D eigenvalue weighted by molar-refractivity contribution is 0.324. The molecule has 0 aliphatic rings. The average Bonchev–Trinajstić information content (AvgIpc) is 2.92. The smallest absolute Gasteiger partial charge is 0.203 e. The Balaban J connectivity index is 2.36. The fourth-order valence-corrected chi connectivity index (χ4v) is 3.06. The van der Waals surface area contributed by atoms with Crippen molar-refractivity contribution in [2.75, 3.05) is 21.3 Å². The molecule has 3 rings (SSSR count). The van der Waals surface area contributed by atoms with Gasteiger partial charge in [-0.15, -0.1) is 0 Å². The van der Waals surface area contributed by atoms with Crippen molar-refractivity contribution in [3.8, 4) is 34.6 Å². The van der Waals surface area contributed by atoms with Gasteiger partial charge in [-0.25, -0.2) is 0 Å². The van der Waals surface area contributed by atoms with Crippen LogP contribution in [0.5, 0.6) is 17.2 Å². The Labute approximate surface area is 140 Å². The van der Waals surface area contributed by atoms with Crippen molar-refractivity contribution in [3.63, 3.8) is 0 Å². The molecule has 0 saturated carbocycles. The van der Waals surface area contributed by atoms with Crippen LogP contribution in [0.15, 0.2) is 36.4 Å². The lowest BCUT2D eigenvalue weighted by atomic mass is 10.0. The third-order valence-corrected chi connectivity index (χ3v) is 4.16. The fourth-order valence-electron chi connectivity index (χ4n) is 3.06. The molecule has 0 saturated heterocycles. The van der Waals surface area contributed by atoms with Gasteiger partial charge in [0.25, 0.3) is 0 Å². The van der Waals surface area contributed by atoms with Crippen LogP contribution in [-0.2, 0) is 7.05 Å². The Bertz CT molecular complexity index is 926. The zero-order valence-corrected chi connectivity index (χ0v) is 14.1. The second kappa shape index (κ2) is 6.17. The van der Waals surface area contributed by atoms with Crippen LogP contribution in [0.3, 0.4) is 0 Å². The average molecular weight is 322 g/mol. The molecular formula is C19H18N2O3. The van der Waals surface area contributed by atoms with Crippen LogP contribution in [0.2, 0.25) is 0 Å². The van der Waals surface area contributed by atoms with Gasteiger partial charge >= 0.3 is 0 Å². The molecule has 2 aromatic carbocycles. The van der Waals surface area contributed by atoms with Crippen LogP contribution < -0.4 is 14.2 Å². The fraction of sp³-hybridized carbons (Fsp3) is 0.211.